The Bertz CT molecular complexity index is 1220. The molecule has 3 heterocycles. The normalized spacial score (nSPS) is 11.0. The molecule has 31 heavy (non-hydrogen) atoms. The molecule has 0 radical (unpaired) electrons. The van der Waals surface area contributed by atoms with Gasteiger partial charge in [-0.1, -0.05) is 11.2 Å². The zero-order valence-electron chi connectivity index (χ0n) is 18.0. The number of aromatic nitrogens is 3. The number of nitrogens with zero attached hydrogens (tertiary/aromatic N) is 4. The lowest BCUT2D eigenvalue weighted by Gasteiger charge is -2.23. The van der Waals surface area contributed by atoms with E-state index in [1.165, 1.54) is 0 Å². The van der Waals surface area contributed by atoms with E-state index in [1.54, 1.807) is 24.2 Å². The monoisotopic (exact) mass is 416 g/mol. The standard InChI is InChI=1S/C24H24N4O3/c1-5-30-23-13-19-21(12-20(23)24-15(2)27-31-16(24)3)26-11-9-22(19)28(17(4)29)14-18-8-6-7-10-25-18/h6-13H,5,14H2,1-4H3. The average molecular weight is 416 g/mol. The highest BCUT2D eigenvalue weighted by Crippen LogP contribution is 2.39. The molecule has 7 nitrogen and oxygen atoms in total. The number of benzene rings is 1. The van der Waals surface area contributed by atoms with Crippen LogP contribution in [0.4, 0.5) is 5.69 Å². The molecule has 0 saturated carbocycles. The van der Waals surface area contributed by atoms with Gasteiger partial charge in [0.25, 0.3) is 0 Å². The van der Waals surface area contributed by atoms with E-state index >= 15 is 0 Å². The Morgan fingerprint density at radius 3 is 2.61 bits per heavy atom. The SMILES string of the molecule is CCOc1cc2c(N(Cc3ccccn3)C(C)=O)ccnc2cc1-c1c(C)noc1C. The first-order valence-electron chi connectivity index (χ1n) is 10.2. The minimum atomic E-state index is -0.0779. The van der Waals surface area contributed by atoms with Crippen molar-refractivity contribution in [2.75, 3.05) is 11.5 Å². The summed E-state index contributed by atoms with van der Waals surface area (Å²) >= 11 is 0. The van der Waals surface area contributed by atoms with Crippen molar-refractivity contribution in [2.24, 2.45) is 0 Å². The Morgan fingerprint density at radius 1 is 1.13 bits per heavy atom. The smallest absolute Gasteiger partial charge is 0.224 e. The largest absolute Gasteiger partial charge is 0.493 e. The fourth-order valence-electron chi connectivity index (χ4n) is 3.75. The van der Waals surface area contributed by atoms with Crippen molar-refractivity contribution < 1.29 is 14.1 Å². The predicted octanol–water partition coefficient (Wildman–Crippen LogP) is 4.85. The molecular formula is C24H24N4O3. The van der Waals surface area contributed by atoms with Gasteiger partial charge in [-0.3, -0.25) is 14.8 Å². The molecule has 0 fully saturated rings. The zero-order valence-corrected chi connectivity index (χ0v) is 18.0. The number of hydrogen-bond acceptors (Lipinski definition) is 6. The highest BCUT2D eigenvalue weighted by atomic mass is 16.5. The van der Waals surface area contributed by atoms with Gasteiger partial charge >= 0.3 is 0 Å². The first kappa shape index (κ1) is 20.5. The van der Waals surface area contributed by atoms with Gasteiger partial charge in [-0.2, -0.15) is 0 Å². The number of aryl methyl sites for hydroxylation is 2. The van der Waals surface area contributed by atoms with Crippen LogP contribution in [0, 0.1) is 13.8 Å². The topological polar surface area (TPSA) is 81.4 Å². The Hall–Kier alpha value is -3.74. The lowest BCUT2D eigenvalue weighted by molar-refractivity contribution is -0.116. The Morgan fingerprint density at radius 2 is 1.97 bits per heavy atom. The molecule has 0 spiro atoms. The van der Waals surface area contributed by atoms with E-state index in [2.05, 4.69) is 15.1 Å². The lowest BCUT2D eigenvalue weighted by atomic mass is 10.00. The summed E-state index contributed by atoms with van der Waals surface area (Å²) < 4.78 is 11.3. The number of ether oxygens (including phenoxy) is 1. The fraction of sp³-hybridized carbons (Fsp3) is 0.250. The van der Waals surface area contributed by atoms with Gasteiger partial charge in [0.15, 0.2) is 0 Å². The van der Waals surface area contributed by atoms with E-state index in [9.17, 15) is 4.79 Å². The second-order valence-electron chi connectivity index (χ2n) is 7.25. The predicted molar refractivity (Wildman–Crippen MR) is 119 cm³/mol. The van der Waals surface area contributed by atoms with Crippen LogP contribution < -0.4 is 9.64 Å². The maximum Gasteiger partial charge on any atom is 0.224 e. The lowest BCUT2D eigenvalue weighted by Crippen LogP contribution is -2.28. The van der Waals surface area contributed by atoms with Crippen LogP contribution in [0.1, 0.15) is 31.0 Å². The van der Waals surface area contributed by atoms with Crippen molar-refractivity contribution in [1.29, 1.82) is 0 Å². The number of anilines is 1. The van der Waals surface area contributed by atoms with Crippen molar-refractivity contribution in [2.45, 2.75) is 34.2 Å². The van der Waals surface area contributed by atoms with Crippen LogP contribution in [-0.4, -0.2) is 27.6 Å². The van der Waals surface area contributed by atoms with Gasteiger partial charge in [0.05, 0.1) is 41.3 Å². The summed E-state index contributed by atoms with van der Waals surface area (Å²) in [6, 6.07) is 11.4. The van der Waals surface area contributed by atoms with Crippen molar-refractivity contribution in [3.8, 4) is 16.9 Å². The van der Waals surface area contributed by atoms with Crippen LogP contribution in [0.5, 0.6) is 5.75 Å². The van der Waals surface area contributed by atoms with E-state index in [4.69, 9.17) is 9.26 Å². The molecule has 4 rings (SSSR count). The van der Waals surface area contributed by atoms with Crippen LogP contribution in [0.15, 0.2) is 53.3 Å². The van der Waals surface area contributed by atoms with Crippen LogP contribution in [0.25, 0.3) is 22.0 Å². The van der Waals surface area contributed by atoms with E-state index in [0.717, 1.165) is 44.9 Å². The van der Waals surface area contributed by atoms with Gasteiger partial charge < -0.3 is 14.2 Å². The summed E-state index contributed by atoms with van der Waals surface area (Å²) in [5, 5.41) is 4.91. The molecule has 0 atom stereocenters. The molecule has 0 aliphatic carbocycles. The molecule has 0 unspecified atom stereocenters. The van der Waals surface area contributed by atoms with Crippen LogP contribution in [0.2, 0.25) is 0 Å². The van der Waals surface area contributed by atoms with Crippen LogP contribution >= 0.6 is 0 Å². The van der Waals surface area contributed by atoms with Crippen molar-refractivity contribution in [3.63, 3.8) is 0 Å². The quantitative estimate of drug-likeness (QED) is 0.447. The summed E-state index contributed by atoms with van der Waals surface area (Å²) in [6.45, 7) is 8.14. The molecule has 0 N–H and O–H groups in total. The fourth-order valence-corrected chi connectivity index (χ4v) is 3.75. The first-order chi connectivity index (χ1) is 15.0. The Labute approximate surface area is 180 Å². The molecular weight excluding hydrogens is 392 g/mol. The first-order valence-corrected chi connectivity index (χ1v) is 10.2. The van der Waals surface area contributed by atoms with Gasteiger partial charge in [0, 0.05) is 30.3 Å². The Balaban J connectivity index is 1.89. The number of fused-ring (bicyclic) bond motifs is 1. The number of hydrogen-bond donors (Lipinski definition) is 0. The van der Waals surface area contributed by atoms with Crippen molar-refractivity contribution in [1.82, 2.24) is 15.1 Å². The second-order valence-corrected chi connectivity index (χ2v) is 7.25. The summed E-state index contributed by atoms with van der Waals surface area (Å²) in [5.41, 5.74) is 4.87. The minimum absolute atomic E-state index is 0.0779. The molecule has 7 heteroatoms. The minimum Gasteiger partial charge on any atom is -0.493 e. The van der Waals surface area contributed by atoms with Gasteiger partial charge in [-0.15, -0.1) is 0 Å². The van der Waals surface area contributed by atoms with Crippen molar-refractivity contribution >= 4 is 22.5 Å². The summed E-state index contributed by atoms with van der Waals surface area (Å²) in [5.74, 6) is 1.33. The van der Waals surface area contributed by atoms with Crippen LogP contribution in [0.3, 0.4) is 0 Å². The molecule has 1 aromatic carbocycles. The number of rotatable bonds is 6. The maximum atomic E-state index is 12.6. The van der Waals surface area contributed by atoms with Crippen molar-refractivity contribution in [3.05, 3.63) is 65.9 Å². The molecule has 1 amide bonds. The van der Waals surface area contributed by atoms with E-state index < -0.39 is 0 Å². The van der Waals surface area contributed by atoms with Gasteiger partial charge in [0.2, 0.25) is 5.91 Å². The highest BCUT2D eigenvalue weighted by molar-refractivity contribution is 6.03. The van der Waals surface area contributed by atoms with E-state index in [-0.39, 0.29) is 5.91 Å². The number of carbonyl (C=O) groups excluding carboxylic acids is 1. The molecule has 4 aromatic rings. The average Bonchev–Trinajstić information content (AvgIpc) is 3.10. The zero-order chi connectivity index (χ0) is 22.0. The number of amides is 1. The third kappa shape index (κ3) is 3.99. The number of carbonyl (C=O) groups is 1. The summed E-state index contributed by atoms with van der Waals surface area (Å²) in [4.78, 5) is 23.2. The van der Waals surface area contributed by atoms with Gasteiger partial charge in [-0.05, 0) is 51.1 Å². The second kappa shape index (κ2) is 8.55. The van der Waals surface area contributed by atoms with E-state index in [1.807, 2.05) is 57.2 Å². The van der Waals surface area contributed by atoms with E-state index in [0.29, 0.717) is 18.9 Å². The number of pyridine rings is 2. The molecule has 0 aliphatic heterocycles. The molecule has 3 aromatic heterocycles. The van der Waals surface area contributed by atoms with Gasteiger partial charge in [0.1, 0.15) is 11.5 Å². The maximum absolute atomic E-state index is 12.6. The molecule has 0 aliphatic rings. The highest BCUT2D eigenvalue weighted by Gasteiger charge is 2.21. The summed E-state index contributed by atoms with van der Waals surface area (Å²) in [6.07, 6.45) is 3.44. The molecule has 0 bridgehead atoms. The third-order valence-electron chi connectivity index (χ3n) is 5.14. The summed E-state index contributed by atoms with van der Waals surface area (Å²) in [7, 11) is 0. The molecule has 0 saturated heterocycles. The molecule has 158 valence electrons. The van der Waals surface area contributed by atoms with Crippen LogP contribution in [-0.2, 0) is 11.3 Å². The van der Waals surface area contributed by atoms with Gasteiger partial charge in [-0.25, -0.2) is 0 Å². The third-order valence-corrected chi connectivity index (χ3v) is 5.14. The Kier molecular flexibility index (Phi) is 5.66.